The highest BCUT2D eigenvalue weighted by molar-refractivity contribution is 6.05. The van der Waals surface area contributed by atoms with Gasteiger partial charge in [0.2, 0.25) is 11.8 Å². The van der Waals surface area contributed by atoms with Gasteiger partial charge in [0.1, 0.15) is 5.78 Å². The van der Waals surface area contributed by atoms with Crippen molar-refractivity contribution in [2.45, 2.75) is 63.8 Å². The summed E-state index contributed by atoms with van der Waals surface area (Å²) in [5, 5.41) is 2.15. The van der Waals surface area contributed by atoms with Gasteiger partial charge in [0, 0.05) is 12.8 Å². The summed E-state index contributed by atoms with van der Waals surface area (Å²) in [6.45, 7) is 3.69. The van der Waals surface area contributed by atoms with Crippen molar-refractivity contribution in [2.24, 2.45) is 11.7 Å². The largest absolute Gasteiger partial charge is 0.319 e. The highest BCUT2D eigenvalue weighted by Crippen LogP contribution is 2.18. The minimum Gasteiger partial charge on any atom is -0.319 e. The second kappa shape index (κ2) is 9.45. The van der Waals surface area contributed by atoms with E-state index in [2.05, 4.69) is 11.9 Å². The summed E-state index contributed by atoms with van der Waals surface area (Å²) in [4.78, 5) is 34.7. The molecule has 0 aromatic rings. The van der Waals surface area contributed by atoms with E-state index in [1.54, 1.807) is 0 Å². The van der Waals surface area contributed by atoms with Crippen LogP contribution in [0.2, 0.25) is 0 Å². The summed E-state index contributed by atoms with van der Waals surface area (Å²) < 4.78 is 0. The summed E-state index contributed by atoms with van der Waals surface area (Å²) in [7, 11) is 0. The highest BCUT2D eigenvalue weighted by Gasteiger charge is 2.37. The third kappa shape index (κ3) is 6.21. The molecular weight excluding hydrogens is 268 g/mol. The van der Waals surface area contributed by atoms with Crippen molar-refractivity contribution in [1.29, 1.82) is 0 Å². The van der Waals surface area contributed by atoms with Gasteiger partial charge in [-0.25, -0.2) is 0 Å². The standard InChI is InChI=1S/C16H26N2O3/c1-2-3-4-5-6-7-8-9-10-13(19)12-11-14(20)18-16(21)15(12)17/h2,12,15H,1,3-11,17H2,(H,18,20,21). The number of ketones is 1. The first kappa shape index (κ1) is 17.6. The molecule has 0 radical (unpaired) electrons. The second-order valence-corrected chi connectivity index (χ2v) is 5.66. The molecule has 21 heavy (non-hydrogen) atoms. The molecule has 0 bridgehead atoms. The van der Waals surface area contributed by atoms with Gasteiger partial charge in [-0.2, -0.15) is 0 Å². The minimum atomic E-state index is -0.880. The smallest absolute Gasteiger partial charge is 0.244 e. The van der Waals surface area contributed by atoms with E-state index in [9.17, 15) is 14.4 Å². The number of carbonyl (C=O) groups excluding carboxylic acids is 3. The van der Waals surface area contributed by atoms with Crippen LogP contribution >= 0.6 is 0 Å². The van der Waals surface area contributed by atoms with Crippen molar-refractivity contribution in [3.63, 3.8) is 0 Å². The first-order valence-corrected chi connectivity index (χ1v) is 7.79. The lowest BCUT2D eigenvalue weighted by atomic mass is 9.86. The molecule has 0 spiro atoms. The first-order chi connectivity index (χ1) is 10.1. The van der Waals surface area contributed by atoms with Gasteiger partial charge in [-0.15, -0.1) is 6.58 Å². The number of imide groups is 1. The van der Waals surface area contributed by atoms with Gasteiger partial charge in [0.05, 0.1) is 12.0 Å². The maximum absolute atomic E-state index is 12.1. The maximum Gasteiger partial charge on any atom is 0.244 e. The number of piperidine rings is 1. The van der Waals surface area contributed by atoms with Crippen LogP contribution in [0.5, 0.6) is 0 Å². The number of allylic oxidation sites excluding steroid dienone is 1. The Labute approximate surface area is 126 Å². The van der Waals surface area contributed by atoms with Gasteiger partial charge in [0.25, 0.3) is 0 Å². The van der Waals surface area contributed by atoms with Gasteiger partial charge in [-0.05, 0) is 19.3 Å². The quantitative estimate of drug-likeness (QED) is 0.365. The summed E-state index contributed by atoms with van der Waals surface area (Å²) in [5.41, 5.74) is 5.69. The van der Waals surface area contributed by atoms with E-state index in [-0.39, 0.29) is 12.2 Å². The van der Waals surface area contributed by atoms with E-state index in [1.165, 1.54) is 19.3 Å². The van der Waals surface area contributed by atoms with Gasteiger partial charge in [-0.1, -0.05) is 31.8 Å². The molecule has 1 heterocycles. The molecule has 5 nitrogen and oxygen atoms in total. The summed E-state index contributed by atoms with van der Waals surface area (Å²) in [6.07, 6.45) is 9.91. The number of hydrogen-bond acceptors (Lipinski definition) is 4. The number of Topliss-reactive ketones (excluding diaryl/α,β-unsaturated/α-hetero) is 1. The van der Waals surface area contributed by atoms with Crippen LogP contribution in [0.1, 0.15) is 57.8 Å². The van der Waals surface area contributed by atoms with E-state index in [4.69, 9.17) is 5.73 Å². The van der Waals surface area contributed by atoms with E-state index >= 15 is 0 Å². The molecule has 0 aromatic carbocycles. The fourth-order valence-electron chi connectivity index (χ4n) is 2.58. The topological polar surface area (TPSA) is 89.3 Å². The summed E-state index contributed by atoms with van der Waals surface area (Å²) in [6, 6.07) is -0.880. The molecule has 0 saturated carbocycles. The van der Waals surface area contributed by atoms with E-state index in [0.29, 0.717) is 6.42 Å². The Bertz CT molecular complexity index is 393. The predicted molar refractivity (Wildman–Crippen MR) is 81.4 cm³/mol. The molecule has 1 aliphatic heterocycles. The van der Waals surface area contributed by atoms with Crippen LogP contribution in [0.25, 0.3) is 0 Å². The van der Waals surface area contributed by atoms with Crippen LogP contribution < -0.4 is 11.1 Å². The minimum absolute atomic E-state index is 0.0350. The molecule has 1 saturated heterocycles. The summed E-state index contributed by atoms with van der Waals surface area (Å²) >= 11 is 0. The van der Waals surface area contributed by atoms with Crippen LogP contribution in [0.15, 0.2) is 12.7 Å². The van der Waals surface area contributed by atoms with E-state index in [0.717, 1.165) is 25.7 Å². The Morgan fingerprint density at radius 2 is 1.81 bits per heavy atom. The molecule has 0 aromatic heterocycles. The Kier molecular flexibility index (Phi) is 7.90. The lowest BCUT2D eigenvalue weighted by Crippen LogP contribution is -2.55. The lowest BCUT2D eigenvalue weighted by Gasteiger charge is -2.25. The zero-order valence-corrected chi connectivity index (χ0v) is 12.6. The first-order valence-electron chi connectivity index (χ1n) is 7.79. The molecule has 5 heteroatoms. The van der Waals surface area contributed by atoms with Crippen LogP contribution in [-0.2, 0) is 14.4 Å². The van der Waals surface area contributed by atoms with Gasteiger partial charge in [0.15, 0.2) is 0 Å². The fraction of sp³-hybridized carbons (Fsp3) is 0.688. The Morgan fingerprint density at radius 1 is 1.19 bits per heavy atom. The number of amides is 2. The monoisotopic (exact) mass is 294 g/mol. The van der Waals surface area contributed by atoms with Crippen LogP contribution in [0.3, 0.4) is 0 Å². The Morgan fingerprint density at radius 3 is 2.48 bits per heavy atom. The highest BCUT2D eigenvalue weighted by atomic mass is 16.2. The van der Waals surface area contributed by atoms with Gasteiger partial charge < -0.3 is 5.73 Å². The number of rotatable bonds is 10. The van der Waals surface area contributed by atoms with Crippen molar-refractivity contribution in [3.05, 3.63) is 12.7 Å². The van der Waals surface area contributed by atoms with Crippen molar-refractivity contribution < 1.29 is 14.4 Å². The average molecular weight is 294 g/mol. The zero-order valence-electron chi connectivity index (χ0n) is 12.6. The van der Waals surface area contributed by atoms with Crippen molar-refractivity contribution in [1.82, 2.24) is 5.32 Å². The number of nitrogens with one attached hydrogen (secondary N) is 1. The molecule has 1 rings (SSSR count). The fourth-order valence-corrected chi connectivity index (χ4v) is 2.58. The molecular formula is C16H26N2O3. The number of unbranched alkanes of at least 4 members (excludes halogenated alkanes) is 6. The van der Waals surface area contributed by atoms with Crippen molar-refractivity contribution >= 4 is 17.6 Å². The molecule has 2 unspecified atom stereocenters. The molecule has 2 amide bonds. The zero-order chi connectivity index (χ0) is 15.7. The Hall–Kier alpha value is -1.49. The SMILES string of the molecule is C=CCCCCCCCCC(=O)C1CC(=O)NC(=O)C1N. The third-order valence-electron chi connectivity index (χ3n) is 3.90. The Balaban J connectivity index is 2.17. The maximum atomic E-state index is 12.1. The van der Waals surface area contributed by atoms with Crippen molar-refractivity contribution in [2.75, 3.05) is 0 Å². The van der Waals surface area contributed by atoms with Crippen molar-refractivity contribution in [3.8, 4) is 0 Å². The molecule has 118 valence electrons. The lowest BCUT2D eigenvalue weighted by molar-refractivity contribution is -0.141. The molecule has 2 atom stereocenters. The number of hydrogen-bond donors (Lipinski definition) is 2. The third-order valence-corrected chi connectivity index (χ3v) is 3.90. The molecule has 1 aliphatic rings. The van der Waals surface area contributed by atoms with Crippen LogP contribution in [0.4, 0.5) is 0 Å². The van der Waals surface area contributed by atoms with Gasteiger partial charge in [-0.3, -0.25) is 19.7 Å². The predicted octanol–water partition coefficient (Wildman–Crippen LogP) is 1.85. The van der Waals surface area contributed by atoms with E-state index < -0.39 is 23.8 Å². The molecule has 1 fully saturated rings. The second-order valence-electron chi connectivity index (χ2n) is 5.66. The number of carbonyl (C=O) groups is 3. The molecule has 0 aliphatic carbocycles. The van der Waals surface area contributed by atoms with Crippen LogP contribution in [0, 0.1) is 5.92 Å². The van der Waals surface area contributed by atoms with Crippen LogP contribution in [-0.4, -0.2) is 23.6 Å². The molecule has 3 N–H and O–H groups in total. The summed E-state index contributed by atoms with van der Waals surface area (Å²) in [5.74, 6) is -1.63. The number of nitrogens with two attached hydrogens (primary N) is 1. The average Bonchev–Trinajstić information content (AvgIpc) is 2.45. The normalized spacial score (nSPS) is 22.0. The van der Waals surface area contributed by atoms with Gasteiger partial charge >= 0.3 is 0 Å². The van der Waals surface area contributed by atoms with E-state index in [1.807, 2.05) is 6.08 Å².